The van der Waals surface area contributed by atoms with Gasteiger partial charge in [0.05, 0.1) is 18.2 Å². The molecule has 2 heterocycles. The number of nitrogens with two attached hydrogens (primary N) is 1. The third-order valence-corrected chi connectivity index (χ3v) is 4.26. The molecule has 1 fully saturated rings. The summed E-state index contributed by atoms with van der Waals surface area (Å²) in [6.45, 7) is 1.57. The zero-order valence-electron chi connectivity index (χ0n) is 13.2. The van der Waals surface area contributed by atoms with E-state index in [-0.39, 0.29) is 12.6 Å². The summed E-state index contributed by atoms with van der Waals surface area (Å²) >= 11 is 0. The van der Waals surface area contributed by atoms with Gasteiger partial charge in [-0.05, 0) is 24.5 Å². The van der Waals surface area contributed by atoms with E-state index in [0.29, 0.717) is 17.9 Å². The fourth-order valence-electron chi connectivity index (χ4n) is 3.08. The topological polar surface area (TPSA) is 108 Å². The van der Waals surface area contributed by atoms with Crippen LogP contribution >= 0.6 is 0 Å². The molecule has 3 N–H and O–H groups in total. The first-order valence-electron chi connectivity index (χ1n) is 7.91. The Morgan fingerprint density at radius 3 is 2.88 bits per heavy atom. The van der Waals surface area contributed by atoms with Gasteiger partial charge < -0.3 is 10.6 Å². The van der Waals surface area contributed by atoms with Crippen LogP contribution in [-0.4, -0.2) is 28.7 Å². The van der Waals surface area contributed by atoms with Crippen LogP contribution in [0.4, 0.5) is 5.82 Å². The Morgan fingerprint density at radius 1 is 1.33 bits per heavy atom. The molecule has 7 nitrogen and oxygen atoms in total. The number of nitriles is 1. The fourth-order valence-corrected chi connectivity index (χ4v) is 3.08. The van der Waals surface area contributed by atoms with Crippen molar-refractivity contribution >= 4 is 5.82 Å². The number of hydrogen-bond acceptors (Lipinski definition) is 5. The van der Waals surface area contributed by atoms with Crippen LogP contribution in [0.5, 0.6) is 0 Å². The van der Waals surface area contributed by atoms with Gasteiger partial charge in [0.1, 0.15) is 5.82 Å². The largest absolute Gasteiger partial charge is 0.356 e. The zero-order valence-corrected chi connectivity index (χ0v) is 13.2. The van der Waals surface area contributed by atoms with Crippen LogP contribution in [0.1, 0.15) is 24.0 Å². The molecule has 3 rings (SSSR count). The van der Waals surface area contributed by atoms with Crippen molar-refractivity contribution in [3.63, 3.8) is 0 Å². The molecule has 0 amide bonds. The summed E-state index contributed by atoms with van der Waals surface area (Å²) in [6.07, 6.45) is 1.85. The first-order chi connectivity index (χ1) is 11.6. The number of piperidine rings is 1. The van der Waals surface area contributed by atoms with Gasteiger partial charge in [-0.3, -0.25) is 14.3 Å². The molecule has 0 spiro atoms. The minimum Gasteiger partial charge on any atom is -0.356 e. The lowest BCUT2D eigenvalue weighted by atomic mass is 10.1. The van der Waals surface area contributed by atoms with Gasteiger partial charge in [0.25, 0.3) is 5.56 Å². The summed E-state index contributed by atoms with van der Waals surface area (Å²) < 4.78 is 1.50. The van der Waals surface area contributed by atoms with Crippen molar-refractivity contribution in [2.45, 2.75) is 25.4 Å². The van der Waals surface area contributed by atoms with Gasteiger partial charge in [-0.25, -0.2) is 4.79 Å². The van der Waals surface area contributed by atoms with E-state index in [1.807, 2.05) is 17.0 Å². The predicted molar refractivity (Wildman–Crippen MR) is 91.0 cm³/mol. The Balaban J connectivity index is 2.05. The summed E-state index contributed by atoms with van der Waals surface area (Å²) in [7, 11) is 0. The van der Waals surface area contributed by atoms with Crippen molar-refractivity contribution < 1.29 is 0 Å². The summed E-state index contributed by atoms with van der Waals surface area (Å²) in [6, 6.07) is 10.7. The van der Waals surface area contributed by atoms with E-state index in [9.17, 15) is 14.9 Å². The predicted octanol–water partition coefficient (Wildman–Crippen LogP) is 0.384. The Labute approximate surface area is 139 Å². The summed E-state index contributed by atoms with van der Waals surface area (Å²) in [4.78, 5) is 28.4. The molecule has 0 saturated carbocycles. The number of rotatable bonds is 3. The van der Waals surface area contributed by atoms with Gasteiger partial charge in [0, 0.05) is 25.2 Å². The number of nitrogens with one attached hydrogen (secondary N) is 1. The third kappa shape index (κ3) is 3.24. The standard InChI is InChI=1S/C17H19N5O2/c18-9-12-4-1-2-5-13(12)10-22-16(8-15(23)20-17(22)24)21-7-3-6-14(19)11-21/h1-2,4-5,8,14H,3,6-7,10-11,19H2,(H,20,23,24). The molecule has 7 heteroatoms. The molecule has 124 valence electrons. The quantitative estimate of drug-likeness (QED) is 0.848. The van der Waals surface area contributed by atoms with Crippen LogP contribution in [0.2, 0.25) is 0 Å². The number of aromatic amines is 1. The van der Waals surface area contributed by atoms with E-state index in [0.717, 1.165) is 24.9 Å². The number of aromatic nitrogens is 2. The van der Waals surface area contributed by atoms with E-state index < -0.39 is 11.2 Å². The summed E-state index contributed by atoms with van der Waals surface area (Å²) in [5, 5.41) is 9.24. The van der Waals surface area contributed by atoms with Gasteiger partial charge in [0.2, 0.25) is 0 Å². The molecule has 1 unspecified atom stereocenters. The molecule has 1 aromatic heterocycles. The molecule has 24 heavy (non-hydrogen) atoms. The third-order valence-electron chi connectivity index (χ3n) is 4.26. The van der Waals surface area contributed by atoms with Gasteiger partial charge in [-0.15, -0.1) is 0 Å². The molecule has 2 aromatic rings. The van der Waals surface area contributed by atoms with Crippen molar-refractivity contribution in [1.82, 2.24) is 9.55 Å². The zero-order chi connectivity index (χ0) is 17.1. The van der Waals surface area contributed by atoms with Crippen molar-refractivity contribution in [2.75, 3.05) is 18.0 Å². The number of H-pyrrole nitrogens is 1. The molecule has 1 aliphatic heterocycles. The van der Waals surface area contributed by atoms with Crippen molar-refractivity contribution in [3.8, 4) is 6.07 Å². The SMILES string of the molecule is N#Cc1ccccc1Cn1c(N2CCCC(N)C2)cc(=O)[nH]c1=O. The van der Waals surface area contributed by atoms with E-state index in [4.69, 9.17) is 5.73 Å². The first kappa shape index (κ1) is 16.0. The van der Waals surface area contributed by atoms with Crippen LogP contribution in [0, 0.1) is 11.3 Å². The van der Waals surface area contributed by atoms with E-state index in [1.54, 1.807) is 12.1 Å². The molecule has 0 aliphatic carbocycles. The lowest BCUT2D eigenvalue weighted by molar-refractivity contribution is 0.494. The molecule has 0 radical (unpaired) electrons. The van der Waals surface area contributed by atoms with E-state index in [1.165, 1.54) is 10.6 Å². The van der Waals surface area contributed by atoms with Crippen LogP contribution in [0.15, 0.2) is 39.9 Å². The Morgan fingerprint density at radius 2 is 2.12 bits per heavy atom. The molecule has 1 aliphatic rings. The lowest BCUT2D eigenvalue weighted by Gasteiger charge is -2.33. The molecule has 0 bridgehead atoms. The maximum absolute atomic E-state index is 12.4. The molecule has 1 atom stereocenters. The average Bonchev–Trinajstić information content (AvgIpc) is 2.57. The van der Waals surface area contributed by atoms with Gasteiger partial charge in [-0.2, -0.15) is 5.26 Å². The smallest absolute Gasteiger partial charge is 0.330 e. The van der Waals surface area contributed by atoms with Crippen LogP contribution < -0.4 is 21.9 Å². The second-order valence-electron chi connectivity index (χ2n) is 6.00. The van der Waals surface area contributed by atoms with Gasteiger partial charge in [0.15, 0.2) is 0 Å². The maximum Gasteiger partial charge on any atom is 0.330 e. The van der Waals surface area contributed by atoms with E-state index in [2.05, 4.69) is 11.1 Å². The summed E-state index contributed by atoms with van der Waals surface area (Å²) in [5.41, 5.74) is 6.36. The van der Waals surface area contributed by atoms with Crippen LogP contribution in [-0.2, 0) is 6.54 Å². The summed E-state index contributed by atoms with van der Waals surface area (Å²) in [5.74, 6) is 0.548. The molecule has 1 aromatic carbocycles. The minimum atomic E-state index is -0.482. The highest BCUT2D eigenvalue weighted by atomic mass is 16.2. The second kappa shape index (κ2) is 6.72. The lowest BCUT2D eigenvalue weighted by Crippen LogP contribution is -2.46. The molecular weight excluding hydrogens is 306 g/mol. The van der Waals surface area contributed by atoms with Crippen molar-refractivity contribution in [2.24, 2.45) is 5.73 Å². The van der Waals surface area contributed by atoms with Gasteiger partial charge >= 0.3 is 5.69 Å². The Bertz CT molecular complexity index is 893. The number of hydrogen-bond donors (Lipinski definition) is 2. The normalized spacial score (nSPS) is 17.5. The average molecular weight is 325 g/mol. The van der Waals surface area contributed by atoms with Crippen LogP contribution in [0.3, 0.4) is 0 Å². The highest BCUT2D eigenvalue weighted by Gasteiger charge is 2.21. The number of nitrogens with zero attached hydrogens (tertiary/aromatic N) is 3. The highest BCUT2D eigenvalue weighted by molar-refractivity contribution is 5.42. The minimum absolute atomic E-state index is 0.0213. The van der Waals surface area contributed by atoms with Crippen molar-refractivity contribution in [1.29, 1.82) is 5.26 Å². The number of anilines is 1. The number of benzene rings is 1. The maximum atomic E-state index is 12.4. The second-order valence-corrected chi connectivity index (χ2v) is 6.00. The Kier molecular flexibility index (Phi) is 4.49. The highest BCUT2D eigenvalue weighted by Crippen LogP contribution is 2.18. The van der Waals surface area contributed by atoms with Gasteiger partial charge in [-0.1, -0.05) is 18.2 Å². The monoisotopic (exact) mass is 325 g/mol. The molecule has 1 saturated heterocycles. The fraction of sp³-hybridized carbons (Fsp3) is 0.353. The first-order valence-corrected chi connectivity index (χ1v) is 7.91. The Hall–Kier alpha value is -2.85. The van der Waals surface area contributed by atoms with Crippen LogP contribution in [0.25, 0.3) is 0 Å². The van der Waals surface area contributed by atoms with E-state index >= 15 is 0 Å². The molecular formula is C17H19N5O2. The van der Waals surface area contributed by atoms with Crippen molar-refractivity contribution in [3.05, 3.63) is 62.3 Å².